The maximum absolute atomic E-state index is 15.1. The predicted octanol–water partition coefficient (Wildman–Crippen LogP) is 8.93. The summed E-state index contributed by atoms with van der Waals surface area (Å²) in [5.41, 5.74) is 2.52. The zero-order chi connectivity index (χ0) is 42.2. The quantitative estimate of drug-likeness (QED) is 0.0658. The minimum Gasteiger partial charge on any atom is -0.459 e. The number of nitrogens with zero attached hydrogens (tertiary/aromatic N) is 2. The summed E-state index contributed by atoms with van der Waals surface area (Å²) in [6, 6.07) is 18.7. The van der Waals surface area contributed by atoms with Gasteiger partial charge in [-0.2, -0.15) is 0 Å². The fourth-order valence-electron chi connectivity index (χ4n) is 9.32. The van der Waals surface area contributed by atoms with E-state index in [0.717, 1.165) is 53.3 Å². The highest BCUT2D eigenvalue weighted by Crippen LogP contribution is 2.62. The van der Waals surface area contributed by atoms with Gasteiger partial charge in [0, 0.05) is 49.8 Å². The van der Waals surface area contributed by atoms with Gasteiger partial charge in [0.05, 0.1) is 18.2 Å². The number of allylic oxidation sites excluding steroid dienone is 1. The van der Waals surface area contributed by atoms with Gasteiger partial charge in [0.2, 0.25) is 5.79 Å². The summed E-state index contributed by atoms with van der Waals surface area (Å²) >= 11 is 0. The predicted molar refractivity (Wildman–Crippen MR) is 231 cm³/mol. The van der Waals surface area contributed by atoms with Gasteiger partial charge in [-0.1, -0.05) is 67.4 Å². The molecule has 3 aliphatic rings. The molecular weight excluding hydrogens is 747 g/mol. The first-order chi connectivity index (χ1) is 28.5. The Balaban J connectivity index is 1.61. The number of ether oxygens (including phenoxy) is 3. The number of amides is 2. The van der Waals surface area contributed by atoms with Crippen molar-refractivity contribution in [2.24, 2.45) is 22.9 Å². The molecule has 3 aromatic carbocycles. The Hall–Kier alpha value is -4.71. The van der Waals surface area contributed by atoms with Crippen LogP contribution in [0.4, 0.5) is 4.79 Å². The number of rotatable bonds is 18. The Kier molecular flexibility index (Phi) is 14.5. The summed E-state index contributed by atoms with van der Waals surface area (Å²) < 4.78 is 20.2. The van der Waals surface area contributed by atoms with E-state index in [1.807, 2.05) is 87.2 Å². The third kappa shape index (κ3) is 9.69. The molecule has 3 N–H and O–H groups in total. The summed E-state index contributed by atoms with van der Waals surface area (Å²) in [6.45, 7) is 15.0. The van der Waals surface area contributed by atoms with Crippen molar-refractivity contribution in [1.29, 1.82) is 0 Å². The molecule has 3 aromatic rings. The number of hydrogen-bond donors (Lipinski definition) is 3. The van der Waals surface area contributed by atoms with Crippen LogP contribution in [0, 0.1) is 17.8 Å². The highest BCUT2D eigenvalue weighted by atomic mass is 16.7. The van der Waals surface area contributed by atoms with E-state index in [1.54, 1.807) is 12.1 Å². The third-order valence-electron chi connectivity index (χ3n) is 11.7. The summed E-state index contributed by atoms with van der Waals surface area (Å²) in [6.07, 6.45) is 9.02. The van der Waals surface area contributed by atoms with Crippen molar-refractivity contribution in [2.75, 3.05) is 32.9 Å². The van der Waals surface area contributed by atoms with Crippen molar-refractivity contribution in [2.45, 2.75) is 109 Å². The summed E-state index contributed by atoms with van der Waals surface area (Å²) in [4.78, 5) is 36.0. The second-order valence-corrected chi connectivity index (χ2v) is 17.0. The van der Waals surface area contributed by atoms with Crippen LogP contribution < -0.4 is 14.8 Å². The van der Waals surface area contributed by atoms with E-state index in [9.17, 15) is 15.0 Å². The smallest absolute Gasteiger partial charge is 0.412 e. The highest BCUT2D eigenvalue weighted by Gasteiger charge is 2.65. The SMILES string of the molecule is C=CCO[C@@]12Oc3ccc(OC(=O)NCC)cc3[C@H]3[C@H](CCCCO)[C@@H](CCCCO)C=C(C(=NOC(C)(C)C)C[C@@H]1N(CCC)C(=O)c1ccc4ccccc4c1)[C@H]32. The minimum absolute atomic E-state index is 0.0300. The maximum Gasteiger partial charge on any atom is 0.412 e. The zero-order valence-electron chi connectivity index (χ0n) is 35.5. The average molecular weight is 810 g/mol. The number of oxime groups is 1. The number of unbranched alkanes of at least 4 members (excludes halogenated alkanes) is 2. The molecular formula is C48H63N3O8. The number of hydrogen-bond acceptors (Lipinski definition) is 9. The summed E-state index contributed by atoms with van der Waals surface area (Å²) in [5, 5.41) is 29.5. The molecule has 11 nitrogen and oxygen atoms in total. The number of carbonyl (C=O) groups excluding carboxylic acids is 2. The van der Waals surface area contributed by atoms with Gasteiger partial charge < -0.3 is 39.5 Å². The molecule has 1 fully saturated rings. The third-order valence-corrected chi connectivity index (χ3v) is 11.7. The monoisotopic (exact) mass is 809 g/mol. The number of nitrogens with one attached hydrogen (secondary N) is 1. The average Bonchev–Trinajstić information content (AvgIpc) is 3.22. The molecule has 6 rings (SSSR count). The van der Waals surface area contributed by atoms with Crippen molar-refractivity contribution < 1.29 is 38.9 Å². The molecule has 11 heteroatoms. The van der Waals surface area contributed by atoms with Crippen LogP contribution in [-0.2, 0) is 9.57 Å². The molecule has 1 heterocycles. The molecule has 2 aliphatic carbocycles. The minimum atomic E-state index is -1.40. The molecule has 0 unspecified atom stereocenters. The van der Waals surface area contributed by atoms with Crippen LogP contribution >= 0.6 is 0 Å². The standard InChI is InChI=1S/C48H63N3O8/c1-7-24-51(45(54)35-21-20-32-16-10-11-17-33(32)28-35)42-31-40(50-59-47(4,5)6)38-29-34(18-12-14-25-52)37(19-13-15-26-53)43-39-30-36(57-46(55)49-9-3)22-23-41(39)58-48(42,44(38)43)56-27-8-2/h8,10-11,16-17,20-23,28-30,34,37,42-44,52-53H,2,7,9,12-15,18-19,24-27,31H2,1,3-6H3,(H,49,55)/t34-,37+,42-,43+,44+,48+/m0/s1. The first kappa shape index (κ1) is 43.9. The van der Waals surface area contributed by atoms with Gasteiger partial charge in [0.15, 0.2) is 0 Å². The van der Waals surface area contributed by atoms with E-state index >= 15 is 4.79 Å². The van der Waals surface area contributed by atoms with Crippen LogP contribution in [0.1, 0.15) is 108 Å². The molecule has 1 aliphatic heterocycles. The van der Waals surface area contributed by atoms with Crippen LogP contribution in [0.2, 0.25) is 0 Å². The molecule has 0 spiro atoms. The van der Waals surface area contributed by atoms with Crippen molar-refractivity contribution in [3.05, 3.63) is 96.1 Å². The first-order valence-corrected chi connectivity index (χ1v) is 21.5. The molecule has 0 bridgehead atoms. The van der Waals surface area contributed by atoms with Crippen molar-refractivity contribution in [3.8, 4) is 11.5 Å². The van der Waals surface area contributed by atoms with Crippen LogP contribution in [0.3, 0.4) is 0 Å². The Morgan fingerprint density at radius 3 is 2.44 bits per heavy atom. The summed E-state index contributed by atoms with van der Waals surface area (Å²) in [7, 11) is 0. The van der Waals surface area contributed by atoms with E-state index in [4.69, 9.17) is 24.2 Å². The van der Waals surface area contributed by atoms with Gasteiger partial charge in [0.25, 0.3) is 5.91 Å². The van der Waals surface area contributed by atoms with Crippen molar-refractivity contribution >= 4 is 28.5 Å². The fourth-order valence-corrected chi connectivity index (χ4v) is 9.32. The lowest BCUT2D eigenvalue weighted by Gasteiger charge is -2.60. The van der Waals surface area contributed by atoms with Crippen LogP contribution in [-0.4, -0.2) is 83.2 Å². The first-order valence-electron chi connectivity index (χ1n) is 21.5. The van der Waals surface area contributed by atoms with Crippen molar-refractivity contribution in [1.82, 2.24) is 10.2 Å². The van der Waals surface area contributed by atoms with Gasteiger partial charge in [-0.15, -0.1) is 6.58 Å². The van der Waals surface area contributed by atoms with E-state index < -0.39 is 29.4 Å². The van der Waals surface area contributed by atoms with Gasteiger partial charge >= 0.3 is 6.09 Å². The lowest BCUT2D eigenvalue weighted by atomic mass is 9.55. The molecule has 318 valence electrons. The van der Waals surface area contributed by atoms with Crippen LogP contribution in [0.15, 0.2) is 90.1 Å². The Labute approximate surface area is 349 Å². The number of carbonyl (C=O) groups is 2. The van der Waals surface area contributed by atoms with E-state index in [1.165, 1.54) is 0 Å². The lowest BCUT2D eigenvalue weighted by molar-refractivity contribution is -0.254. The second kappa shape index (κ2) is 19.6. The molecule has 59 heavy (non-hydrogen) atoms. The normalized spacial score (nSPS) is 24.0. The molecule has 0 radical (unpaired) electrons. The molecule has 1 saturated carbocycles. The zero-order valence-corrected chi connectivity index (χ0v) is 35.5. The van der Waals surface area contributed by atoms with Gasteiger partial charge in [0.1, 0.15) is 23.1 Å². The largest absolute Gasteiger partial charge is 0.459 e. The number of aliphatic hydroxyl groups excluding tert-OH is 2. The number of benzene rings is 3. The van der Waals surface area contributed by atoms with E-state index in [2.05, 4.69) is 24.9 Å². The highest BCUT2D eigenvalue weighted by molar-refractivity contribution is 6.04. The van der Waals surface area contributed by atoms with E-state index in [-0.39, 0.29) is 43.5 Å². The number of aliphatic hydroxyl groups is 2. The second-order valence-electron chi connectivity index (χ2n) is 17.0. The van der Waals surface area contributed by atoms with Crippen LogP contribution in [0.25, 0.3) is 10.8 Å². The number of fused-ring (bicyclic) bond motifs is 3. The maximum atomic E-state index is 15.1. The van der Waals surface area contributed by atoms with E-state index in [0.29, 0.717) is 55.8 Å². The molecule has 0 aromatic heterocycles. The Morgan fingerprint density at radius 1 is 1.00 bits per heavy atom. The molecule has 2 amide bonds. The van der Waals surface area contributed by atoms with Gasteiger partial charge in [-0.05, 0) is 118 Å². The Morgan fingerprint density at radius 2 is 1.75 bits per heavy atom. The Bertz CT molecular complexity index is 2010. The van der Waals surface area contributed by atoms with Gasteiger partial charge in [-0.3, -0.25) is 4.79 Å². The fraction of sp³-hybridized carbons (Fsp3) is 0.521. The molecule has 6 atom stereocenters. The lowest BCUT2D eigenvalue weighted by Crippen LogP contribution is -2.70. The van der Waals surface area contributed by atoms with Gasteiger partial charge in [-0.25, -0.2) is 4.79 Å². The van der Waals surface area contributed by atoms with Crippen LogP contribution in [0.5, 0.6) is 11.5 Å². The topological polar surface area (TPSA) is 139 Å². The summed E-state index contributed by atoms with van der Waals surface area (Å²) in [5.74, 6) is -1.19. The molecule has 0 saturated heterocycles. The van der Waals surface area contributed by atoms with Crippen molar-refractivity contribution in [3.63, 3.8) is 0 Å².